The van der Waals surface area contributed by atoms with Gasteiger partial charge in [0, 0.05) is 45.6 Å². The van der Waals surface area contributed by atoms with Crippen LogP contribution in [0.25, 0.3) is 6.08 Å². The molecule has 2 heterocycles. The maximum atomic E-state index is 12.7. The van der Waals surface area contributed by atoms with E-state index >= 15 is 0 Å². The van der Waals surface area contributed by atoms with Crippen LogP contribution in [0.2, 0.25) is 0 Å². The van der Waals surface area contributed by atoms with E-state index in [1.54, 1.807) is 17.4 Å². The second kappa shape index (κ2) is 16.6. The number of nitrogens with one attached hydrogen (secondary N) is 2. The number of ether oxygens (including phenoxy) is 1. The number of hydrogen-bond acceptors (Lipinski definition) is 7. The van der Waals surface area contributed by atoms with Crippen molar-refractivity contribution < 1.29 is 19.1 Å². The first-order valence-electron chi connectivity index (χ1n) is 12.3. The van der Waals surface area contributed by atoms with E-state index in [1.165, 1.54) is 17.4 Å². The maximum absolute atomic E-state index is 12.7. The summed E-state index contributed by atoms with van der Waals surface area (Å²) in [7, 11) is 0. The number of amides is 3. The van der Waals surface area contributed by atoms with Gasteiger partial charge >= 0.3 is 0 Å². The molecule has 0 bridgehead atoms. The molecule has 0 saturated carbocycles. The lowest BCUT2D eigenvalue weighted by Gasteiger charge is -2.31. The minimum Gasteiger partial charge on any atom is -0.381 e. The molecule has 1 aliphatic heterocycles. The van der Waals surface area contributed by atoms with Crippen molar-refractivity contribution in [2.24, 2.45) is 11.7 Å². The van der Waals surface area contributed by atoms with Crippen molar-refractivity contribution in [3.05, 3.63) is 33.3 Å². The van der Waals surface area contributed by atoms with Crippen LogP contribution >= 0.6 is 11.3 Å². The van der Waals surface area contributed by atoms with Crippen LogP contribution in [0, 0.1) is 24.2 Å². The molecule has 1 atom stereocenters. The van der Waals surface area contributed by atoms with E-state index in [0.717, 1.165) is 36.4 Å². The first-order chi connectivity index (χ1) is 17.1. The van der Waals surface area contributed by atoms with Crippen molar-refractivity contribution >= 4 is 35.1 Å². The van der Waals surface area contributed by atoms with Crippen LogP contribution in [0.15, 0.2) is 17.7 Å². The van der Waals surface area contributed by atoms with Gasteiger partial charge in [-0.15, -0.1) is 11.3 Å². The molecule has 1 saturated heterocycles. The zero-order valence-electron chi connectivity index (χ0n) is 21.8. The van der Waals surface area contributed by atoms with Gasteiger partial charge in [-0.2, -0.15) is 5.26 Å². The number of aromatic nitrogens is 1. The van der Waals surface area contributed by atoms with Gasteiger partial charge in [-0.05, 0) is 44.6 Å². The maximum Gasteiger partial charge on any atom is 0.261 e. The molecule has 1 aromatic rings. The molecular formula is C26H39N5O4S. The van der Waals surface area contributed by atoms with Crippen LogP contribution in [-0.4, -0.2) is 48.5 Å². The average Bonchev–Trinajstić information content (AvgIpc) is 3.21. The Bertz CT molecular complexity index is 963. The van der Waals surface area contributed by atoms with E-state index in [-0.39, 0.29) is 35.9 Å². The highest BCUT2D eigenvalue weighted by Gasteiger charge is 2.26. The predicted octanol–water partition coefficient (Wildman–Crippen LogP) is 3.19. The summed E-state index contributed by atoms with van der Waals surface area (Å²) < 4.78 is 5.43. The number of allylic oxidation sites excluding steroid dienone is 1. The van der Waals surface area contributed by atoms with Crippen LogP contribution in [0.1, 0.15) is 68.5 Å². The van der Waals surface area contributed by atoms with Gasteiger partial charge in [-0.3, -0.25) is 14.4 Å². The smallest absolute Gasteiger partial charge is 0.261 e. The van der Waals surface area contributed by atoms with Gasteiger partial charge in [0.1, 0.15) is 11.6 Å². The summed E-state index contributed by atoms with van der Waals surface area (Å²) in [6.07, 6.45) is 6.82. The zero-order valence-corrected chi connectivity index (χ0v) is 22.6. The summed E-state index contributed by atoms with van der Waals surface area (Å²) in [5, 5.41) is 15.6. The minimum absolute atomic E-state index is 0.0670. The number of aryl methyl sites for hydroxylation is 2. The quantitative estimate of drug-likeness (QED) is 0.303. The van der Waals surface area contributed by atoms with Gasteiger partial charge in [0.05, 0.1) is 15.6 Å². The summed E-state index contributed by atoms with van der Waals surface area (Å²) in [6, 6.07) is 1.54. The third-order valence-corrected chi connectivity index (χ3v) is 6.92. The minimum atomic E-state index is -0.504. The molecule has 4 N–H and O–H groups in total. The summed E-state index contributed by atoms with van der Waals surface area (Å²) in [5.74, 6) is -0.692. The van der Waals surface area contributed by atoms with E-state index in [2.05, 4.69) is 47.9 Å². The van der Waals surface area contributed by atoms with Crippen LogP contribution in [0.5, 0.6) is 0 Å². The van der Waals surface area contributed by atoms with E-state index < -0.39 is 5.91 Å². The van der Waals surface area contributed by atoms with Crippen molar-refractivity contribution in [2.45, 2.75) is 72.3 Å². The Morgan fingerprint density at radius 1 is 1.31 bits per heavy atom. The molecule has 36 heavy (non-hydrogen) atoms. The highest BCUT2D eigenvalue weighted by Crippen LogP contribution is 2.24. The Hall–Kier alpha value is -3.03. The van der Waals surface area contributed by atoms with Crippen molar-refractivity contribution in [2.75, 3.05) is 19.8 Å². The molecule has 0 radical (unpaired) electrons. The second-order valence-corrected chi connectivity index (χ2v) is 9.72. The Kier molecular flexibility index (Phi) is 14.3. The highest BCUT2D eigenvalue weighted by atomic mass is 32.1. The molecule has 3 amide bonds. The molecule has 1 fully saturated rings. The Morgan fingerprint density at radius 3 is 2.47 bits per heavy atom. The number of thiazole rings is 1. The highest BCUT2D eigenvalue weighted by molar-refractivity contribution is 7.12. The van der Waals surface area contributed by atoms with Crippen molar-refractivity contribution in [3.63, 3.8) is 0 Å². The summed E-state index contributed by atoms with van der Waals surface area (Å²) in [4.78, 5) is 39.7. The zero-order chi connectivity index (χ0) is 27.1. The Morgan fingerprint density at radius 2 is 1.92 bits per heavy atom. The first-order valence-corrected chi connectivity index (χ1v) is 13.1. The number of nitrogens with two attached hydrogens (primary N) is 1. The van der Waals surface area contributed by atoms with Crippen LogP contribution < -0.4 is 16.4 Å². The number of nitriles is 1. The molecule has 1 aliphatic rings. The molecular weight excluding hydrogens is 478 g/mol. The predicted molar refractivity (Wildman–Crippen MR) is 142 cm³/mol. The lowest BCUT2D eigenvalue weighted by Crippen LogP contribution is -2.49. The number of carbonyl (C=O) groups excluding carboxylic acids is 3. The fourth-order valence-electron chi connectivity index (χ4n) is 3.66. The van der Waals surface area contributed by atoms with Gasteiger partial charge in [0.25, 0.3) is 5.91 Å². The standard InChI is InChI=1S/C24H34N4O3S.C2H5NO/c1-5-18(6-2)13-21-17(4)27-23(32-21)8-7-22(29)28-20(19-9-11-31-12-10-19)15-26-24(30)16(3)14-25;1-2(3)4/h13,19-20H,3,5-12,15H2,1-2,4H3,(H,26,30)(H,28,29);1H3,(H2,3,4). The van der Waals surface area contributed by atoms with Gasteiger partial charge in [0.15, 0.2) is 0 Å². The van der Waals surface area contributed by atoms with E-state index in [0.29, 0.717) is 26.1 Å². The molecule has 1 unspecified atom stereocenters. The van der Waals surface area contributed by atoms with Crippen molar-refractivity contribution in [1.82, 2.24) is 15.6 Å². The van der Waals surface area contributed by atoms with E-state index in [1.807, 2.05) is 6.92 Å². The second-order valence-electron chi connectivity index (χ2n) is 8.60. The molecule has 198 valence electrons. The Labute approximate surface area is 218 Å². The Balaban J connectivity index is 0.00000150. The number of carbonyl (C=O) groups is 3. The third kappa shape index (κ3) is 11.6. The van der Waals surface area contributed by atoms with Gasteiger partial charge in [-0.25, -0.2) is 4.98 Å². The lowest BCUT2D eigenvalue weighted by atomic mass is 9.91. The number of primary amides is 1. The van der Waals surface area contributed by atoms with Crippen LogP contribution in [-0.2, 0) is 25.5 Å². The first kappa shape index (κ1) is 31.0. The summed E-state index contributed by atoms with van der Waals surface area (Å²) in [5.41, 5.74) is 6.73. The monoisotopic (exact) mass is 517 g/mol. The molecule has 9 nitrogen and oxygen atoms in total. The largest absolute Gasteiger partial charge is 0.381 e. The molecule has 0 aliphatic carbocycles. The van der Waals surface area contributed by atoms with Crippen LogP contribution in [0.4, 0.5) is 0 Å². The van der Waals surface area contributed by atoms with Gasteiger partial charge in [-0.1, -0.05) is 26.0 Å². The lowest BCUT2D eigenvalue weighted by molar-refractivity contribution is -0.123. The summed E-state index contributed by atoms with van der Waals surface area (Å²) >= 11 is 1.65. The fraction of sp³-hybridized carbons (Fsp3) is 0.577. The van der Waals surface area contributed by atoms with Crippen molar-refractivity contribution in [1.29, 1.82) is 5.26 Å². The normalized spacial score (nSPS) is 13.9. The average molecular weight is 518 g/mol. The van der Waals surface area contributed by atoms with Gasteiger partial charge in [0.2, 0.25) is 11.8 Å². The van der Waals surface area contributed by atoms with E-state index in [9.17, 15) is 14.4 Å². The van der Waals surface area contributed by atoms with Crippen molar-refractivity contribution in [3.8, 4) is 6.07 Å². The molecule has 0 aromatic carbocycles. The third-order valence-electron chi connectivity index (χ3n) is 5.76. The number of nitrogens with zero attached hydrogens (tertiary/aromatic N) is 2. The topological polar surface area (TPSA) is 147 Å². The SMILES string of the molecule is C=C(C#N)C(=O)NCC(NC(=O)CCc1nc(C)c(C=C(CC)CC)s1)C1CCOCC1.CC(N)=O. The molecule has 10 heteroatoms. The molecule has 0 spiro atoms. The van der Waals surface area contributed by atoms with Crippen LogP contribution in [0.3, 0.4) is 0 Å². The number of hydrogen-bond donors (Lipinski definition) is 3. The number of rotatable bonds is 11. The molecule has 1 aromatic heterocycles. The summed E-state index contributed by atoms with van der Waals surface area (Å²) in [6.45, 7) is 12.6. The molecule has 2 rings (SSSR count). The van der Waals surface area contributed by atoms with Gasteiger partial charge < -0.3 is 21.1 Å². The van der Waals surface area contributed by atoms with E-state index in [4.69, 9.17) is 10.00 Å². The fourth-order valence-corrected chi connectivity index (χ4v) is 4.72.